The number of hydrogen-bond donors (Lipinski definition) is 1. The Morgan fingerprint density at radius 2 is 1.31 bits per heavy atom. The van der Waals surface area contributed by atoms with Crippen LogP contribution in [0.1, 0.15) is 128 Å². The molecule has 1 N–H and O–H groups in total. The topological polar surface area (TPSA) is 20.2 Å². The van der Waals surface area contributed by atoms with Gasteiger partial charge in [0.1, 0.15) is 0 Å². The van der Waals surface area contributed by atoms with Crippen LogP contribution in [0.15, 0.2) is 0 Å². The third-order valence-electron chi connectivity index (χ3n) is 16.7. The molecule has 5 rings (SSSR count). The Morgan fingerprint density at radius 1 is 0.686 bits per heavy atom. The second kappa shape index (κ2) is 7.54. The van der Waals surface area contributed by atoms with Crippen LogP contribution >= 0.6 is 0 Å². The minimum absolute atomic E-state index is 0.0327. The Balaban J connectivity index is 1.64. The van der Waals surface area contributed by atoms with Gasteiger partial charge in [-0.05, 0) is 119 Å². The maximum atomic E-state index is 12.3. The summed E-state index contributed by atoms with van der Waals surface area (Å²) in [5.74, 6) is 5.58. The molecule has 0 heterocycles. The molecule has 1 heteroatoms. The fourth-order valence-electron chi connectivity index (χ4n) is 13.4. The molecule has 14 atom stereocenters. The van der Waals surface area contributed by atoms with Gasteiger partial charge in [0.25, 0.3) is 0 Å². The first kappa shape index (κ1) is 26.6. The van der Waals surface area contributed by atoms with E-state index in [1.54, 1.807) is 0 Å². The van der Waals surface area contributed by atoms with Gasteiger partial charge in [0, 0.05) is 5.41 Å². The molecule has 202 valence electrons. The third kappa shape index (κ3) is 2.77. The van der Waals surface area contributed by atoms with Gasteiger partial charge < -0.3 is 5.11 Å². The van der Waals surface area contributed by atoms with Crippen LogP contribution in [0, 0.1) is 79.8 Å². The molecular formula is C34H60O. The number of fused-ring (bicyclic) bond motifs is 7. The second-order valence-corrected chi connectivity index (χ2v) is 17.0. The van der Waals surface area contributed by atoms with Crippen molar-refractivity contribution in [1.82, 2.24) is 0 Å². The zero-order valence-electron chi connectivity index (χ0n) is 25.6. The largest absolute Gasteiger partial charge is 0.392 e. The van der Waals surface area contributed by atoms with E-state index >= 15 is 0 Å². The summed E-state index contributed by atoms with van der Waals surface area (Å²) >= 11 is 0. The maximum absolute atomic E-state index is 12.3. The van der Waals surface area contributed by atoms with Crippen molar-refractivity contribution in [2.75, 3.05) is 0 Å². The quantitative estimate of drug-likeness (QED) is 0.363. The Bertz CT molecular complexity index is 861. The van der Waals surface area contributed by atoms with Gasteiger partial charge >= 0.3 is 0 Å². The van der Waals surface area contributed by atoms with Crippen molar-refractivity contribution in [2.45, 2.75) is 134 Å². The summed E-state index contributed by atoms with van der Waals surface area (Å²) in [4.78, 5) is 0. The lowest BCUT2D eigenvalue weighted by molar-refractivity contribution is -0.331. The van der Waals surface area contributed by atoms with E-state index in [4.69, 9.17) is 0 Å². The van der Waals surface area contributed by atoms with E-state index in [0.29, 0.717) is 39.9 Å². The smallest absolute Gasteiger partial charge is 0.0630 e. The lowest BCUT2D eigenvalue weighted by Gasteiger charge is -2.79. The highest BCUT2D eigenvalue weighted by molar-refractivity contribution is 5.24. The van der Waals surface area contributed by atoms with Gasteiger partial charge in [-0.1, -0.05) is 83.1 Å². The molecule has 4 unspecified atom stereocenters. The van der Waals surface area contributed by atoms with E-state index < -0.39 is 0 Å². The maximum Gasteiger partial charge on any atom is 0.0630 e. The van der Waals surface area contributed by atoms with Crippen molar-refractivity contribution < 1.29 is 5.11 Å². The molecule has 0 aliphatic heterocycles. The summed E-state index contributed by atoms with van der Waals surface area (Å²) in [6, 6.07) is 0. The standard InChI is InChI=1S/C34H60O/c1-20-15-16-30(8)17-18-31(9)25(27(30)22(20)3)13-14-26-32(31,10)19-21(2)34(12)29(6,7)24(5)23(4)28(35)33(26,34)11/h20-28,35H,13-19H2,1-12H3/t20-,21?,22+,23?,24?,25-,26+,27+,28?,30-,31-,32-,33+,34+/m1/s1. The summed E-state index contributed by atoms with van der Waals surface area (Å²) in [6.07, 6.45) is 9.58. The molecular weight excluding hydrogens is 424 g/mol. The number of hydrogen-bond acceptors (Lipinski definition) is 1. The first-order valence-corrected chi connectivity index (χ1v) is 15.6. The van der Waals surface area contributed by atoms with Crippen LogP contribution < -0.4 is 0 Å². The third-order valence-corrected chi connectivity index (χ3v) is 16.7. The first-order chi connectivity index (χ1) is 15.9. The predicted octanol–water partition coefficient (Wildman–Crippen LogP) is 9.23. The van der Waals surface area contributed by atoms with Gasteiger partial charge in [0.05, 0.1) is 6.10 Å². The van der Waals surface area contributed by atoms with Crippen molar-refractivity contribution in [3.05, 3.63) is 0 Å². The summed E-state index contributed by atoms with van der Waals surface area (Å²) in [6.45, 7) is 31.0. The van der Waals surface area contributed by atoms with E-state index in [1.165, 1.54) is 44.9 Å². The minimum Gasteiger partial charge on any atom is -0.392 e. The van der Waals surface area contributed by atoms with Gasteiger partial charge in [0.15, 0.2) is 0 Å². The molecule has 5 fully saturated rings. The minimum atomic E-state index is -0.203. The van der Waals surface area contributed by atoms with Gasteiger partial charge in [-0.2, -0.15) is 0 Å². The summed E-state index contributed by atoms with van der Waals surface area (Å²) in [5, 5.41) is 12.3. The molecule has 0 radical (unpaired) electrons. The molecule has 0 saturated heterocycles. The van der Waals surface area contributed by atoms with Crippen LogP contribution in [0.25, 0.3) is 0 Å². The van der Waals surface area contributed by atoms with E-state index in [1.807, 2.05) is 0 Å². The van der Waals surface area contributed by atoms with Gasteiger partial charge in [-0.25, -0.2) is 0 Å². The monoisotopic (exact) mass is 484 g/mol. The lowest BCUT2D eigenvalue weighted by atomic mass is 9.25. The summed E-state index contributed by atoms with van der Waals surface area (Å²) < 4.78 is 0. The van der Waals surface area contributed by atoms with Crippen molar-refractivity contribution in [1.29, 1.82) is 0 Å². The fraction of sp³-hybridized carbons (Fsp3) is 1.00. The molecule has 5 aliphatic rings. The molecule has 1 nitrogen and oxygen atoms in total. The van der Waals surface area contributed by atoms with Crippen molar-refractivity contribution in [3.8, 4) is 0 Å². The normalized spacial score (nSPS) is 63.9. The van der Waals surface area contributed by atoms with Gasteiger partial charge in [-0.15, -0.1) is 0 Å². The SMILES string of the molecule is CC1C(C)C(C)(C)[C@]2(C)C(C)C[C@]3(C)[C@H](CC[C@@H]4[C@@H]5[C@@H](C)[C@H](C)CC[C@]5(C)CC[C@]43C)[C@@]2(C)C1O. The molecule has 0 amide bonds. The lowest BCUT2D eigenvalue weighted by Crippen LogP contribution is -2.75. The summed E-state index contributed by atoms with van der Waals surface area (Å²) in [5.41, 5.74) is 1.58. The van der Waals surface area contributed by atoms with Gasteiger partial charge in [0.2, 0.25) is 0 Å². The molecule has 5 aliphatic carbocycles. The highest BCUT2D eigenvalue weighted by Gasteiger charge is 2.76. The van der Waals surface area contributed by atoms with E-state index in [2.05, 4.69) is 83.1 Å². The van der Waals surface area contributed by atoms with E-state index in [9.17, 15) is 5.11 Å². The first-order valence-electron chi connectivity index (χ1n) is 15.6. The highest BCUT2D eigenvalue weighted by Crippen LogP contribution is 2.81. The van der Waals surface area contributed by atoms with Crippen LogP contribution in [0.4, 0.5) is 0 Å². The summed E-state index contributed by atoms with van der Waals surface area (Å²) in [7, 11) is 0. The molecule has 0 aromatic heterocycles. The number of rotatable bonds is 0. The van der Waals surface area contributed by atoms with Crippen molar-refractivity contribution in [2.24, 2.45) is 79.8 Å². The highest BCUT2D eigenvalue weighted by atomic mass is 16.3. The Hall–Kier alpha value is -0.0400. The molecule has 35 heavy (non-hydrogen) atoms. The molecule has 5 saturated carbocycles. The van der Waals surface area contributed by atoms with Crippen LogP contribution in [-0.4, -0.2) is 11.2 Å². The molecule has 0 bridgehead atoms. The van der Waals surface area contributed by atoms with Crippen molar-refractivity contribution >= 4 is 0 Å². The molecule has 0 aromatic carbocycles. The molecule has 0 aromatic rings. The zero-order valence-corrected chi connectivity index (χ0v) is 25.6. The predicted molar refractivity (Wildman–Crippen MR) is 149 cm³/mol. The Kier molecular flexibility index (Phi) is 5.72. The van der Waals surface area contributed by atoms with E-state index in [0.717, 1.165) is 23.7 Å². The fourth-order valence-corrected chi connectivity index (χ4v) is 13.4. The Labute approximate surface area is 219 Å². The van der Waals surface area contributed by atoms with Crippen LogP contribution in [0.3, 0.4) is 0 Å². The molecule has 0 spiro atoms. The number of aliphatic hydroxyl groups is 1. The van der Waals surface area contributed by atoms with Crippen LogP contribution in [0.2, 0.25) is 0 Å². The second-order valence-electron chi connectivity index (χ2n) is 17.0. The number of aliphatic hydroxyl groups excluding tert-OH is 1. The Morgan fingerprint density at radius 3 is 1.94 bits per heavy atom. The van der Waals surface area contributed by atoms with Crippen molar-refractivity contribution in [3.63, 3.8) is 0 Å². The zero-order chi connectivity index (χ0) is 26.1. The van der Waals surface area contributed by atoms with Crippen LogP contribution in [-0.2, 0) is 0 Å². The average Bonchev–Trinajstić information content (AvgIpc) is 2.79. The average molecular weight is 485 g/mol. The van der Waals surface area contributed by atoms with Gasteiger partial charge in [-0.3, -0.25) is 0 Å². The van der Waals surface area contributed by atoms with Crippen LogP contribution in [0.5, 0.6) is 0 Å². The van der Waals surface area contributed by atoms with E-state index in [-0.39, 0.29) is 22.3 Å².